The van der Waals surface area contributed by atoms with Gasteiger partial charge in [-0.05, 0) is 49.1 Å². The predicted octanol–water partition coefficient (Wildman–Crippen LogP) is 5.58. The quantitative estimate of drug-likeness (QED) is 0.234. The summed E-state index contributed by atoms with van der Waals surface area (Å²) in [6, 6.07) is 24.2. The molecule has 40 heavy (non-hydrogen) atoms. The Hall–Kier alpha value is -4.39. The summed E-state index contributed by atoms with van der Waals surface area (Å²) < 4.78 is 11.4. The summed E-state index contributed by atoms with van der Waals surface area (Å²) in [4.78, 5) is 43.5. The van der Waals surface area contributed by atoms with Gasteiger partial charge in [-0.15, -0.1) is 0 Å². The molecule has 4 rings (SSSR count). The zero-order valence-electron chi connectivity index (χ0n) is 23.3. The largest absolute Gasteiger partial charge is 0.484 e. The number of nitrogens with zero attached hydrogens (tertiary/aromatic N) is 2. The van der Waals surface area contributed by atoms with E-state index in [1.807, 2.05) is 61.5 Å². The number of amides is 2. The van der Waals surface area contributed by atoms with Crippen molar-refractivity contribution in [2.75, 3.05) is 19.7 Å². The summed E-state index contributed by atoms with van der Waals surface area (Å²) in [5, 5.41) is 0.483. The minimum Gasteiger partial charge on any atom is -0.484 e. The summed E-state index contributed by atoms with van der Waals surface area (Å²) in [5.74, 6) is 0.420. The van der Waals surface area contributed by atoms with Crippen LogP contribution in [0.3, 0.4) is 0 Å². The van der Waals surface area contributed by atoms with Gasteiger partial charge in [0.05, 0.1) is 30.3 Å². The molecule has 0 saturated heterocycles. The maximum Gasteiger partial charge on any atom is 0.260 e. The maximum absolute atomic E-state index is 13.8. The van der Waals surface area contributed by atoms with Crippen LogP contribution in [-0.2, 0) is 22.7 Å². The summed E-state index contributed by atoms with van der Waals surface area (Å²) in [5.41, 5.74) is 2.59. The van der Waals surface area contributed by atoms with E-state index < -0.39 is 0 Å². The summed E-state index contributed by atoms with van der Waals surface area (Å²) in [7, 11) is 0. The van der Waals surface area contributed by atoms with Crippen LogP contribution in [0, 0.1) is 12.8 Å². The fourth-order valence-electron chi connectivity index (χ4n) is 4.36. The van der Waals surface area contributed by atoms with Crippen molar-refractivity contribution >= 4 is 22.8 Å². The second-order valence-electron chi connectivity index (χ2n) is 10.4. The van der Waals surface area contributed by atoms with E-state index in [1.54, 1.807) is 34.1 Å². The Bertz CT molecular complexity index is 1480. The number of para-hydroxylation sites is 1. The zero-order valence-corrected chi connectivity index (χ0v) is 23.3. The molecule has 1 heterocycles. The highest BCUT2D eigenvalue weighted by molar-refractivity contribution is 5.85. The van der Waals surface area contributed by atoms with Gasteiger partial charge in [-0.1, -0.05) is 74.0 Å². The highest BCUT2D eigenvalue weighted by atomic mass is 16.5. The first-order valence-electron chi connectivity index (χ1n) is 13.6. The van der Waals surface area contributed by atoms with E-state index >= 15 is 0 Å². The van der Waals surface area contributed by atoms with Crippen molar-refractivity contribution in [2.24, 2.45) is 5.92 Å². The highest BCUT2D eigenvalue weighted by Crippen LogP contribution is 2.16. The highest BCUT2D eigenvalue weighted by Gasteiger charge is 2.24. The first kappa shape index (κ1) is 28.6. The van der Waals surface area contributed by atoms with E-state index in [-0.39, 0.29) is 43.5 Å². The van der Waals surface area contributed by atoms with E-state index in [0.717, 1.165) is 17.5 Å². The van der Waals surface area contributed by atoms with Crippen LogP contribution in [0.15, 0.2) is 94.3 Å². The Labute approximate surface area is 235 Å². The summed E-state index contributed by atoms with van der Waals surface area (Å²) in [6.07, 6.45) is 2.18. The number of rotatable bonds is 12. The van der Waals surface area contributed by atoms with Crippen molar-refractivity contribution in [2.45, 2.75) is 40.3 Å². The summed E-state index contributed by atoms with van der Waals surface area (Å²) >= 11 is 0. The third-order valence-electron chi connectivity index (χ3n) is 6.69. The molecule has 1 aromatic heterocycles. The third-order valence-corrected chi connectivity index (χ3v) is 6.69. The van der Waals surface area contributed by atoms with Gasteiger partial charge in [0.15, 0.2) is 12.0 Å². The molecular weight excluding hydrogens is 504 g/mol. The Morgan fingerprint density at radius 3 is 2.27 bits per heavy atom. The number of hydrogen-bond acceptors (Lipinski definition) is 5. The topological polar surface area (TPSA) is 80.1 Å². The van der Waals surface area contributed by atoms with Gasteiger partial charge >= 0.3 is 0 Å². The van der Waals surface area contributed by atoms with Crippen molar-refractivity contribution in [1.82, 2.24) is 9.80 Å². The maximum atomic E-state index is 13.8. The first-order chi connectivity index (χ1) is 19.3. The van der Waals surface area contributed by atoms with Crippen LogP contribution in [0.4, 0.5) is 0 Å². The molecular formula is C33H36N2O5. The lowest BCUT2D eigenvalue weighted by atomic mass is 10.1. The van der Waals surface area contributed by atoms with E-state index in [0.29, 0.717) is 34.7 Å². The SMILES string of the molecule is Cc1ccc2occ(CN(Cc3ccccc3)C(=O)CN(CCC(C)C)C(=O)COc3ccccc3)c(=O)c2c1. The molecule has 0 aliphatic carbocycles. The van der Waals surface area contributed by atoms with Gasteiger partial charge in [0, 0.05) is 13.1 Å². The van der Waals surface area contributed by atoms with Crippen LogP contribution < -0.4 is 10.2 Å². The van der Waals surface area contributed by atoms with Gasteiger partial charge in [-0.25, -0.2) is 0 Å². The second kappa shape index (κ2) is 13.6. The molecule has 4 aromatic rings. The number of ether oxygens (including phenoxy) is 1. The molecule has 0 atom stereocenters. The van der Waals surface area contributed by atoms with Crippen LogP contribution in [0.1, 0.15) is 37.0 Å². The van der Waals surface area contributed by atoms with E-state index in [1.165, 1.54) is 6.26 Å². The fourth-order valence-corrected chi connectivity index (χ4v) is 4.36. The molecule has 0 N–H and O–H groups in total. The molecule has 0 radical (unpaired) electrons. The van der Waals surface area contributed by atoms with Crippen molar-refractivity contribution in [1.29, 1.82) is 0 Å². The number of hydrogen-bond donors (Lipinski definition) is 0. The van der Waals surface area contributed by atoms with E-state index in [4.69, 9.17) is 9.15 Å². The minimum atomic E-state index is -0.266. The van der Waals surface area contributed by atoms with Gasteiger partial charge < -0.3 is 19.0 Å². The van der Waals surface area contributed by atoms with Crippen molar-refractivity contribution in [3.05, 3.63) is 112 Å². The number of fused-ring (bicyclic) bond motifs is 1. The Morgan fingerprint density at radius 2 is 1.57 bits per heavy atom. The third kappa shape index (κ3) is 7.82. The molecule has 0 unspecified atom stereocenters. The second-order valence-corrected chi connectivity index (χ2v) is 10.4. The zero-order chi connectivity index (χ0) is 28.5. The normalized spacial score (nSPS) is 11.0. The van der Waals surface area contributed by atoms with E-state index in [9.17, 15) is 14.4 Å². The smallest absolute Gasteiger partial charge is 0.260 e. The van der Waals surface area contributed by atoms with Gasteiger partial charge in [0.2, 0.25) is 5.91 Å². The molecule has 2 amide bonds. The molecule has 3 aromatic carbocycles. The van der Waals surface area contributed by atoms with Gasteiger partial charge in [0.1, 0.15) is 11.3 Å². The Balaban J connectivity index is 1.56. The number of benzene rings is 3. The fraction of sp³-hybridized carbons (Fsp3) is 0.303. The van der Waals surface area contributed by atoms with Gasteiger partial charge in [0.25, 0.3) is 5.91 Å². The molecule has 7 heteroatoms. The lowest BCUT2D eigenvalue weighted by molar-refractivity contribution is -0.142. The summed E-state index contributed by atoms with van der Waals surface area (Å²) in [6.45, 7) is 6.57. The van der Waals surface area contributed by atoms with Crippen LogP contribution in [0.2, 0.25) is 0 Å². The lowest BCUT2D eigenvalue weighted by Crippen LogP contribution is -2.45. The monoisotopic (exact) mass is 540 g/mol. The van der Waals surface area contributed by atoms with Crippen LogP contribution in [0.25, 0.3) is 11.0 Å². The number of carbonyl (C=O) groups excluding carboxylic acids is 2. The number of carbonyl (C=O) groups is 2. The van der Waals surface area contributed by atoms with Crippen molar-refractivity contribution in [3.63, 3.8) is 0 Å². The molecule has 0 aliphatic rings. The minimum absolute atomic E-state index is 0.0622. The Morgan fingerprint density at radius 1 is 0.875 bits per heavy atom. The number of aryl methyl sites for hydroxylation is 1. The van der Waals surface area contributed by atoms with Crippen LogP contribution >= 0.6 is 0 Å². The average Bonchev–Trinajstić information content (AvgIpc) is 2.96. The van der Waals surface area contributed by atoms with E-state index in [2.05, 4.69) is 13.8 Å². The van der Waals surface area contributed by atoms with Gasteiger partial charge in [-0.3, -0.25) is 14.4 Å². The molecule has 0 aliphatic heterocycles. The van der Waals surface area contributed by atoms with Crippen molar-refractivity contribution in [3.8, 4) is 5.75 Å². The van der Waals surface area contributed by atoms with Crippen molar-refractivity contribution < 1.29 is 18.7 Å². The predicted molar refractivity (Wildman–Crippen MR) is 156 cm³/mol. The van der Waals surface area contributed by atoms with Crippen LogP contribution in [0.5, 0.6) is 5.75 Å². The standard InChI is InChI=1S/C33H36N2O5/c1-24(2)16-17-34(32(37)23-39-28-12-8-5-9-13-28)21-31(36)35(19-26-10-6-4-7-11-26)20-27-22-40-30-15-14-25(3)18-29(30)33(27)38/h4-15,18,22,24H,16-17,19-21,23H2,1-3H3. The van der Waals surface area contributed by atoms with Crippen LogP contribution in [-0.4, -0.2) is 41.3 Å². The molecule has 208 valence electrons. The average molecular weight is 541 g/mol. The molecule has 0 saturated carbocycles. The van der Waals surface area contributed by atoms with Gasteiger partial charge in [-0.2, -0.15) is 0 Å². The first-order valence-corrected chi connectivity index (χ1v) is 13.6. The molecule has 0 bridgehead atoms. The lowest BCUT2D eigenvalue weighted by Gasteiger charge is -2.28. The molecule has 0 spiro atoms. The Kier molecular flexibility index (Phi) is 9.73. The molecule has 0 fully saturated rings. The molecule has 7 nitrogen and oxygen atoms in total.